The maximum Gasteiger partial charge on any atom is 0.268 e. The van der Waals surface area contributed by atoms with Gasteiger partial charge >= 0.3 is 0 Å². The Labute approximate surface area is 191 Å². The van der Waals surface area contributed by atoms with Gasteiger partial charge in [-0.05, 0) is 43.9 Å². The van der Waals surface area contributed by atoms with E-state index >= 15 is 0 Å². The third kappa shape index (κ3) is 6.76. The van der Waals surface area contributed by atoms with Gasteiger partial charge in [-0.3, -0.25) is 19.8 Å². The highest BCUT2D eigenvalue weighted by atomic mass is 16.5. The summed E-state index contributed by atoms with van der Waals surface area (Å²) in [5.41, 5.74) is 11.1. The highest BCUT2D eigenvalue weighted by Crippen LogP contribution is 2.30. The maximum atomic E-state index is 11.9. The Morgan fingerprint density at radius 3 is 2.67 bits per heavy atom. The lowest BCUT2D eigenvalue weighted by molar-refractivity contribution is -0.128. The summed E-state index contributed by atoms with van der Waals surface area (Å²) in [5, 5.41) is 10.9. The van der Waals surface area contributed by atoms with E-state index in [2.05, 4.69) is 16.9 Å². The number of nitrogens with one attached hydrogen (secondary N) is 2. The van der Waals surface area contributed by atoms with Gasteiger partial charge in [-0.15, -0.1) is 0 Å². The van der Waals surface area contributed by atoms with Crippen LogP contribution in [-0.2, 0) is 14.4 Å². The minimum atomic E-state index is -0.961. The smallest absolute Gasteiger partial charge is 0.268 e. The molecule has 6 N–H and O–H groups in total. The number of rotatable bonds is 9. The van der Waals surface area contributed by atoms with Crippen LogP contribution in [0.2, 0.25) is 0 Å². The lowest BCUT2D eigenvalue weighted by Gasteiger charge is -2.32. The molecule has 1 aromatic carbocycles. The molecule has 3 amide bonds. The molecule has 0 radical (unpaired) electrons. The van der Waals surface area contributed by atoms with Crippen LogP contribution in [0.15, 0.2) is 53.7 Å². The molecule has 174 valence electrons. The average Bonchev–Trinajstić information content (AvgIpc) is 3.63. The number of primary amides is 1. The summed E-state index contributed by atoms with van der Waals surface area (Å²) < 4.78 is 6.05. The quantitative estimate of drug-likeness (QED) is 0.251. The Kier molecular flexibility index (Phi) is 7.60. The zero-order valence-electron chi connectivity index (χ0n) is 18.3. The number of nitrogens with two attached hydrogens (primary N) is 2. The molecule has 0 spiro atoms. The van der Waals surface area contributed by atoms with Gasteiger partial charge in [0.1, 0.15) is 23.4 Å². The molecule has 1 aliphatic carbocycles. The van der Waals surface area contributed by atoms with Crippen LogP contribution in [0.1, 0.15) is 25.7 Å². The number of benzene rings is 1. The van der Waals surface area contributed by atoms with Crippen LogP contribution >= 0.6 is 0 Å². The van der Waals surface area contributed by atoms with Crippen LogP contribution in [0.5, 0.6) is 5.75 Å². The van der Waals surface area contributed by atoms with E-state index in [1.807, 2.05) is 0 Å². The van der Waals surface area contributed by atoms with E-state index in [1.165, 1.54) is 12.2 Å². The van der Waals surface area contributed by atoms with E-state index in [0.29, 0.717) is 24.5 Å². The summed E-state index contributed by atoms with van der Waals surface area (Å²) in [6.45, 7) is 4.66. The molecule has 1 atom stereocenters. The predicted octanol–water partition coefficient (Wildman–Crippen LogP) is 1.34. The number of carbonyl (C=O) groups excluding carboxylic acids is 3. The van der Waals surface area contributed by atoms with Crippen molar-refractivity contribution >= 4 is 35.0 Å². The normalized spacial score (nSPS) is 18.9. The molecule has 0 bridgehead atoms. The SMILES string of the molecule is C=CC(=O)N1CCCC(Oc2cccc(N/C(=C/C(N)=NC(=O)C3CC3)C(=N)C(N)=O)c2)C1. The van der Waals surface area contributed by atoms with Crippen molar-refractivity contribution in [1.29, 1.82) is 5.41 Å². The number of hydrogen-bond acceptors (Lipinski definition) is 6. The van der Waals surface area contributed by atoms with E-state index in [1.54, 1.807) is 29.2 Å². The molecule has 0 aromatic heterocycles. The molecule has 1 unspecified atom stereocenters. The molecular formula is C23H28N6O4. The molecule has 1 aromatic rings. The van der Waals surface area contributed by atoms with Gasteiger partial charge in [0.15, 0.2) is 0 Å². The van der Waals surface area contributed by atoms with Gasteiger partial charge in [0.25, 0.3) is 11.8 Å². The van der Waals surface area contributed by atoms with Crippen LogP contribution in [0.4, 0.5) is 5.69 Å². The molecule has 1 saturated heterocycles. The van der Waals surface area contributed by atoms with Crippen molar-refractivity contribution in [2.45, 2.75) is 31.8 Å². The van der Waals surface area contributed by atoms with E-state index in [4.69, 9.17) is 21.6 Å². The van der Waals surface area contributed by atoms with Crippen molar-refractivity contribution < 1.29 is 19.1 Å². The number of anilines is 1. The van der Waals surface area contributed by atoms with Gasteiger partial charge in [0, 0.05) is 30.3 Å². The first-order chi connectivity index (χ1) is 15.8. The molecule has 10 heteroatoms. The number of aliphatic imine (C=N–C) groups is 1. The molecule has 2 fully saturated rings. The molecule has 1 aliphatic heterocycles. The second-order valence-corrected chi connectivity index (χ2v) is 7.97. The van der Waals surface area contributed by atoms with Crippen molar-refractivity contribution in [3.63, 3.8) is 0 Å². The number of amidine groups is 1. The maximum absolute atomic E-state index is 11.9. The van der Waals surface area contributed by atoms with Crippen LogP contribution in [-0.4, -0.2) is 53.4 Å². The van der Waals surface area contributed by atoms with Crippen LogP contribution < -0.4 is 21.5 Å². The minimum absolute atomic E-state index is 0.00455. The summed E-state index contributed by atoms with van der Waals surface area (Å²) in [6, 6.07) is 6.92. The number of piperidine rings is 1. The summed E-state index contributed by atoms with van der Waals surface area (Å²) in [6.07, 6.45) is 5.56. The van der Waals surface area contributed by atoms with Crippen molar-refractivity contribution in [1.82, 2.24) is 4.90 Å². The topological polar surface area (TPSA) is 164 Å². The highest BCUT2D eigenvalue weighted by Gasteiger charge is 2.29. The largest absolute Gasteiger partial charge is 0.489 e. The minimum Gasteiger partial charge on any atom is -0.489 e. The number of hydrogen-bond donors (Lipinski definition) is 4. The number of amides is 3. The summed E-state index contributed by atoms with van der Waals surface area (Å²) in [5.74, 6) is -1.08. The van der Waals surface area contributed by atoms with Crippen molar-refractivity contribution in [3.05, 3.63) is 48.7 Å². The lowest BCUT2D eigenvalue weighted by Crippen LogP contribution is -2.43. The Morgan fingerprint density at radius 2 is 2.00 bits per heavy atom. The van der Waals surface area contributed by atoms with Gasteiger partial charge in [-0.25, -0.2) is 0 Å². The standard InChI is InChI=1S/C23H28N6O4/c1-2-20(30)29-10-4-7-17(13-29)33-16-6-3-5-15(11-16)27-18(21(25)22(26)31)12-19(24)28-23(32)14-8-9-14/h2-3,5-6,11-12,14,17,25,27H,1,4,7-10,13H2,(H2,26,31)(H2,24,28,32)/b18-12+,25-21?. The van der Waals surface area contributed by atoms with Crippen LogP contribution in [0, 0.1) is 11.3 Å². The molecule has 33 heavy (non-hydrogen) atoms. The number of nitrogens with zero attached hydrogens (tertiary/aromatic N) is 2. The van der Waals surface area contributed by atoms with E-state index in [9.17, 15) is 14.4 Å². The van der Waals surface area contributed by atoms with Gasteiger partial charge in [-0.1, -0.05) is 12.6 Å². The zero-order valence-corrected chi connectivity index (χ0v) is 18.3. The second-order valence-electron chi connectivity index (χ2n) is 7.97. The Hall–Kier alpha value is -3.95. The predicted molar refractivity (Wildman–Crippen MR) is 125 cm³/mol. The average molecular weight is 453 g/mol. The number of carbonyl (C=O) groups is 3. The second kappa shape index (κ2) is 10.6. The number of likely N-dealkylation sites (tertiary alicyclic amines) is 1. The fourth-order valence-electron chi connectivity index (χ4n) is 3.39. The van der Waals surface area contributed by atoms with Crippen molar-refractivity contribution in [2.75, 3.05) is 18.4 Å². The Bertz CT molecular complexity index is 1030. The third-order valence-corrected chi connectivity index (χ3v) is 5.25. The fourth-order valence-corrected chi connectivity index (χ4v) is 3.39. The third-order valence-electron chi connectivity index (χ3n) is 5.25. The molecular weight excluding hydrogens is 424 g/mol. The lowest BCUT2D eigenvalue weighted by atomic mass is 10.1. The Balaban J connectivity index is 1.73. The summed E-state index contributed by atoms with van der Waals surface area (Å²) >= 11 is 0. The Morgan fingerprint density at radius 1 is 1.24 bits per heavy atom. The zero-order chi connectivity index (χ0) is 24.0. The highest BCUT2D eigenvalue weighted by molar-refractivity contribution is 6.44. The number of ether oxygens (including phenoxy) is 1. The van der Waals surface area contributed by atoms with Gasteiger partial charge < -0.3 is 26.4 Å². The van der Waals surface area contributed by atoms with Crippen molar-refractivity contribution in [3.8, 4) is 5.75 Å². The molecule has 10 nitrogen and oxygen atoms in total. The first-order valence-corrected chi connectivity index (χ1v) is 10.7. The first-order valence-electron chi connectivity index (χ1n) is 10.7. The van der Waals surface area contributed by atoms with Gasteiger partial charge in [0.2, 0.25) is 5.91 Å². The first kappa shape index (κ1) is 23.7. The molecule has 3 rings (SSSR count). The van der Waals surface area contributed by atoms with Gasteiger partial charge in [0.05, 0.1) is 12.2 Å². The molecule has 1 heterocycles. The van der Waals surface area contributed by atoms with Gasteiger partial charge in [-0.2, -0.15) is 4.99 Å². The van der Waals surface area contributed by atoms with E-state index in [-0.39, 0.29) is 35.4 Å². The van der Waals surface area contributed by atoms with E-state index < -0.39 is 11.6 Å². The monoisotopic (exact) mass is 452 g/mol. The summed E-state index contributed by atoms with van der Waals surface area (Å²) in [4.78, 5) is 40.9. The molecule has 1 saturated carbocycles. The molecule has 2 aliphatic rings. The van der Waals surface area contributed by atoms with Crippen molar-refractivity contribution in [2.24, 2.45) is 22.4 Å². The summed E-state index contributed by atoms with van der Waals surface area (Å²) in [7, 11) is 0. The van der Waals surface area contributed by atoms with Crippen LogP contribution in [0.25, 0.3) is 0 Å². The van der Waals surface area contributed by atoms with E-state index in [0.717, 1.165) is 25.7 Å². The van der Waals surface area contributed by atoms with Crippen LogP contribution in [0.3, 0.4) is 0 Å². The fraction of sp³-hybridized carbons (Fsp3) is 0.348.